The van der Waals surface area contributed by atoms with E-state index < -0.39 is 0 Å². The van der Waals surface area contributed by atoms with E-state index in [0.29, 0.717) is 5.95 Å². The molecule has 2 aromatic heterocycles. The van der Waals surface area contributed by atoms with Crippen molar-refractivity contribution in [3.63, 3.8) is 0 Å². The van der Waals surface area contributed by atoms with E-state index in [1.807, 2.05) is 41.5 Å². The summed E-state index contributed by atoms with van der Waals surface area (Å²) in [7, 11) is 0. The number of hydrogen-bond donors (Lipinski definition) is 1. The van der Waals surface area contributed by atoms with Gasteiger partial charge in [-0.3, -0.25) is 0 Å². The number of rotatable bonds is 5. The van der Waals surface area contributed by atoms with Crippen LogP contribution in [-0.4, -0.2) is 33.2 Å². The van der Waals surface area contributed by atoms with E-state index in [9.17, 15) is 0 Å². The Labute approximate surface area is 99.5 Å². The van der Waals surface area contributed by atoms with Crippen LogP contribution >= 0.6 is 11.8 Å². The minimum Gasteiger partial charge on any atom is -0.353 e. The van der Waals surface area contributed by atoms with Crippen LogP contribution in [0.3, 0.4) is 0 Å². The van der Waals surface area contributed by atoms with Gasteiger partial charge in [0, 0.05) is 12.7 Å². The van der Waals surface area contributed by atoms with E-state index in [0.717, 1.165) is 18.6 Å². The number of aromatic nitrogens is 3. The number of anilines is 1. The Hall–Kier alpha value is -1.23. The van der Waals surface area contributed by atoms with E-state index in [2.05, 4.69) is 21.7 Å². The first kappa shape index (κ1) is 11.3. The van der Waals surface area contributed by atoms with Crippen molar-refractivity contribution in [1.29, 1.82) is 0 Å². The van der Waals surface area contributed by atoms with Crippen molar-refractivity contribution in [2.75, 3.05) is 23.9 Å². The lowest BCUT2D eigenvalue weighted by molar-refractivity contribution is 0.925. The van der Waals surface area contributed by atoms with Crippen LogP contribution in [0.15, 0.2) is 18.3 Å². The summed E-state index contributed by atoms with van der Waals surface area (Å²) in [5.74, 6) is 1.88. The van der Waals surface area contributed by atoms with Crippen molar-refractivity contribution in [2.45, 2.75) is 13.3 Å². The molecule has 0 saturated heterocycles. The van der Waals surface area contributed by atoms with Crippen molar-refractivity contribution in [3.8, 4) is 0 Å². The Bertz CT molecular complexity index is 466. The van der Waals surface area contributed by atoms with Gasteiger partial charge in [0.2, 0.25) is 5.95 Å². The Morgan fingerprint density at radius 3 is 3.12 bits per heavy atom. The quantitative estimate of drug-likeness (QED) is 0.808. The summed E-state index contributed by atoms with van der Waals surface area (Å²) in [4.78, 5) is 4.39. The molecule has 0 aliphatic carbocycles. The molecule has 0 fully saturated rings. The summed E-state index contributed by atoms with van der Waals surface area (Å²) in [5.41, 5.74) is 2.07. The number of thioether (sulfide) groups is 1. The standard InChI is InChI=1S/C11H16N4S/c1-9-4-5-10-13-11(14-15(10)8-9)12-6-3-7-16-2/h4-5,8H,3,6-7H2,1-2H3,(H,12,14). The highest BCUT2D eigenvalue weighted by Gasteiger charge is 2.01. The minimum absolute atomic E-state index is 0.715. The summed E-state index contributed by atoms with van der Waals surface area (Å²) >= 11 is 1.86. The van der Waals surface area contributed by atoms with E-state index >= 15 is 0 Å². The van der Waals surface area contributed by atoms with Gasteiger partial charge in [-0.15, -0.1) is 5.10 Å². The lowest BCUT2D eigenvalue weighted by Crippen LogP contribution is -2.04. The zero-order valence-electron chi connectivity index (χ0n) is 9.60. The van der Waals surface area contributed by atoms with Crippen LogP contribution in [0.2, 0.25) is 0 Å². The molecule has 0 bridgehead atoms. The van der Waals surface area contributed by atoms with Crippen molar-refractivity contribution in [2.24, 2.45) is 0 Å². The fourth-order valence-electron chi connectivity index (χ4n) is 1.48. The second kappa shape index (κ2) is 5.21. The maximum Gasteiger partial charge on any atom is 0.243 e. The largest absolute Gasteiger partial charge is 0.353 e. The number of fused-ring (bicyclic) bond motifs is 1. The van der Waals surface area contributed by atoms with Crippen LogP contribution in [0.1, 0.15) is 12.0 Å². The van der Waals surface area contributed by atoms with Crippen molar-refractivity contribution < 1.29 is 0 Å². The molecule has 1 N–H and O–H groups in total. The monoisotopic (exact) mass is 236 g/mol. The average Bonchev–Trinajstić information content (AvgIpc) is 2.66. The molecule has 0 saturated carbocycles. The summed E-state index contributed by atoms with van der Waals surface area (Å²) in [5, 5.41) is 7.59. The van der Waals surface area contributed by atoms with Gasteiger partial charge in [-0.1, -0.05) is 6.07 Å². The van der Waals surface area contributed by atoms with Crippen LogP contribution in [0.5, 0.6) is 0 Å². The minimum atomic E-state index is 0.715. The Morgan fingerprint density at radius 2 is 2.31 bits per heavy atom. The zero-order valence-corrected chi connectivity index (χ0v) is 10.4. The highest BCUT2D eigenvalue weighted by molar-refractivity contribution is 7.98. The van der Waals surface area contributed by atoms with Gasteiger partial charge in [0.25, 0.3) is 0 Å². The lowest BCUT2D eigenvalue weighted by atomic mass is 10.3. The zero-order chi connectivity index (χ0) is 11.4. The first-order valence-electron chi connectivity index (χ1n) is 5.35. The molecule has 5 heteroatoms. The molecule has 2 aromatic rings. The maximum absolute atomic E-state index is 4.39. The number of nitrogens with one attached hydrogen (secondary N) is 1. The predicted octanol–water partition coefficient (Wildman–Crippen LogP) is 2.20. The van der Waals surface area contributed by atoms with Gasteiger partial charge >= 0.3 is 0 Å². The number of nitrogens with zero attached hydrogens (tertiary/aromatic N) is 3. The maximum atomic E-state index is 4.39. The summed E-state index contributed by atoms with van der Waals surface area (Å²) in [6.07, 6.45) is 5.23. The molecular weight excluding hydrogens is 220 g/mol. The summed E-state index contributed by atoms with van der Waals surface area (Å²) in [6.45, 7) is 2.98. The molecule has 0 aliphatic rings. The molecule has 0 radical (unpaired) electrons. The van der Waals surface area contributed by atoms with Crippen LogP contribution in [0.25, 0.3) is 5.65 Å². The highest BCUT2D eigenvalue weighted by atomic mass is 32.2. The summed E-state index contributed by atoms with van der Waals surface area (Å²) in [6, 6.07) is 4.02. The van der Waals surface area contributed by atoms with Gasteiger partial charge in [-0.2, -0.15) is 16.7 Å². The molecule has 0 aliphatic heterocycles. The fraction of sp³-hybridized carbons (Fsp3) is 0.455. The SMILES string of the molecule is CSCCCNc1nc2ccc(C)cn2n1. The lowest BCUT2D eigenvalue weighted by Gasteiger charge is -1.98. The molecule has 86 valence electrons. The van der Waals surface area contributed by atoms with Crippen molar-refractivity contribution in [1.82, 2.24) is 14.6 Å². The van der Waals surface area contributed by atoms with E-state index in [1.165, 1.54) is 11.3 Å². The number of aryl methyl sites for hydroxylation is 1. The van der Waals surface area contributed by atoms with Gasteiger partial charge in [0.05, 0.1) is 0 Å². The first-order chi connectivity index (χ1) is 7.79. The average molecular weight is 236 g/mol. The first-order valence-corrected chi connectivity index (χ1v) is 6.75. The van der Waals surface area contributed by atoms with Gasteiger partial charge in [0.15, 0.2) is 5.65 Å². The highest BCUT2D eigenvalue weighted by Crippen LogP contribution is 2.07. The predicted molar refractivity (Wildman–Crippen MR) is 69.2 cm³/mol. The van der Waals surface area contributed by atoms with E-state index in [-0.39, 0.29) is 0 Å². The molecule has 4 nitrogen and oxygen atoms in total. The third-order valence-corrected chi connectivity index (χ3v) is 2.98. The molecule has 0 atom stereocenters. The van der Waals surface area contributed by atoms with Crippen molar-refractivity contribution >= 4 is 23.4 Å². The number of pyridine rings is 1. The molecule has 2 rings (SSSR count). The summed E-state index contributed by atoms with van der Waals surface area (Å²) < 4.78 is 1.81. The third-order valence-electron chi connectivity index (χ3n) is 2.29. The van der Waals surface area contributed by atoms with Gasteiger partial charge < -0.3 is 5.32 Å². The molecule has 0 unspecified atom stereocenters. The number of hydrogen-bond acceptors (Lipinski definition) is 4. The fourth-order valence-corrected chi connectivity index (χ4v) is 1.91. The second-order valence-electron chi connectivity index (χ2n) is 3.72. The topological polar surface area (TPSA) is 42.2 Å². The second-order valence-corrected chi connectivity index (χ2v) is 4.70. The molecule has 2 heterocycles. The van der Waals surface area contributed by atoms with Crippen LogP contribution in [0, 0.1) is 6.92 Å². The molecular formula is C11H16N4S. The van der Waals surface area contributed by atoms with Crippen LogP contribution < -0.4 is 5.32 Å². The molecule has 16 heavy (non-hydrogen) atoms. The van der Waals surface area contributed by atoms with E-state index in [1.54, 1.807) is 0 Å². The van der Waals surface area contributed by atoms with Crippen molar-refractivity contribution in [3.05, 3.63) is 23.9 Å². The van der Waals surface area contributed by atoms with Crippen LogP contribution in [-0.2, 0) is 0 Å². The smallest absolute Gasteiger partial charge is 0.243 e. The molecule has 0 aromatic carbocycles. The van der Waals surface area contributed by atoms with Gasteiger partial charge in [0.1, 0.15) is 0 Å². The Morgan fingerprint density at radius 1 is 1.44 bits per heavy atom. The van der Waals surface area contributed by atoms with Crippen LogP contribution in [0.4, 0.5) is 5.95 Å². The van der Waals surface area contributed by atoms with Gasteiger partial charge in [-0.05, 0) is 37.0 Å². The molecule has 0 spiro atoms. The third kappa shape index (κ3) is 2.66. The Balaban J connectivity index is 2.02. The normalized spacial score (nSPS) is 10.9. The van der Waals surface area contributed by atoms with Gasteiger partial charge in [-0.25, -0.2) is 4.52 Å². The molecule has 0 amide bonds. The van der Waals surface area contributed by atoms with E-state index in [4.69, 9.17) is 0 Å². The Kier molecular flexibility index (Phi) is 3.66.